The van der Waals surface area contributed by atoms with E-state index < -0.39 is 35.1 Å². The SMILES string of the molecule is CCC(=O)O[C@H](CC=C(C)C)c1cc(O)c2c(c1O)C(=O)C=CC2=O. The number of fused-ring (bicyclic) bond motifs is 1. The Morgan fingerprint density at radius 1 is 1.16 bits per heavy atom. The minimum atomic E-state index is -0.882. The van der Waals surface area contributed by atoms with Gasteiger partial charge in [-0.3, -0.25) is 14.4 Å². The average Bonchev–Trinajstić information content (AvgIpc) is 2.56. The van der Waals surface area contributed by atoms with Gasteiger partial charge in [-0.05, 0) is 32.1 Å². The molecule has 2 N–H and O–H groups in total. The van der Waals surface area contributed by atoms with Crippen LogP contribution in [0.2, 0.25) is 0 Å². The summed E-state index contributed by atoms with van der Waals surface area (Å²) in [6.07, 6.45) is 3.42. The number of aromatic hydroxyl groups is 2. The van der Waals surface area contributed by atoms with Gasteiger partial charge < -0.3 is 14.9 Å². The number of carbonyl (C=O) groups is 3. The van der Waals surface area contributed by atoms with Crippen molar-refractivity contribution in [3.05, 3.63) is 46.6 Å². The van der Waals surface area contributed by atoms with E-state index in [9.17, 15) is 24.6 Å². The zero-order valence-electron chi connectivity index (χ0n) is 14.3. The molecule has 0 amide bonds. The number of phenolic OH excluding ortho intramolecular Hbond substituents is 2. The Bertz CT molecular complexity index is 797. The summed E-state index contributed by atoms with van der Waals surface area (Å²) in [5.74, 6) is -2.52. The third-order valence-corrected chi connectivity index (χ3v) is 3.84. The van der Waals surface area contributed by atoms with E-state index in [0.29, 0.717) is 0 Å². The van der Waals surface area contributed by atoms with Crippen molar-refractivity contribution < 1.29 is 29.3 Å². The van der Waals surface area contributed by atoms with E-state index in [1.807, 2.05) is 19.9 Å². The highest BCUT2D eigenvalue weighted by atomic mass is 16.5. The molecule has 1 aromatic rings. The molecule has 0 radical (unpaired) electrons. The van der Waals surface area contributed by atoms with Gasteiger partial charge in [0.15, 0.2) is 11.6 Å². The minimum absolute atomic E-state index is 0.0898. The fourth-order valence-corrected chi connectivity index (χ4v) is 2.55. The second kappa shape index (κ2) is 7.34. The van der Waals surface area contributed by atoms with Crippen molar-refractivity contribution in [2.75, 3.05) is 0 Å². The number of hydrogen-bond donors (Lipinski definition) is 2. The normalized spacial score (nSPS) is 14.0. The van der Waals surface area contributed by atoms with Crippen molar-refractivity contribution in [2.45, 2.75) is 39.7 Å². The molecule has 132 valence electrons. The smallest absolute Gasteiger partial charge is 0.306 e. The van der Waals surface area contributed by atoms with Crippen LogP contribution in [0.1, 0.15) is 66.0 Å². The Morgan fingerprint density at radius 3 is 2.32 bits per heavy atom. The van der Waals surface area contributed by atoms with Crippen molar-refractivity contribution in [1.29, 1.82) is 0 Å². The summed E-state index contributed by atoms with van der Waals surface area (Å²) in [4.78, 5) is 35.7. The number of allylic oxidation sites excluding steroid dienone is 3. The lowest BCUT2D eigenvalue weighted by Crippen LogP contribution is -2.16. The van der Waals surface area contributed by atoms with Crippen LogP contribution in [0.15, 0.2) is 29.9 Å². The van der Waals surface area contributed by atoms with E-state index in [2.05, 4.69) is 0 Å². The Labute approximate surface area is 145 Å². The lowest BCUT2D eigenvalue weighted by Gasteiger charge is -2.22. The van der Waals surface area contributed by atoms with Crippen molar-refractivity contribution in [1.82, 2.24) is 0 Å². The van der Waals surface area contributed by atoms with Crippen LogP contribution in [0.25, 0.3) is 0 Å². The van der Waals surface area contributed by atoms with Crippen LogP contribution in [0.3, 0.4) is 0 Å². The molecule has 1 aliphatic carbocycles. The van der Waals surface area contributed by atoms with Gasteiger partial charge in [-0.2, -0.15) is 0 Å². The number of hydrogen-bond acceptors (Lipinski definition) is 6. The first-order valence-electron chi connectivity index (χ1n) is 7.94. The quantitative estimate of drug-likeness (QED) is 0.482. The van der Waals surface area contributed by atoms with Crippen molar-refractivity contribution in [3.8, 4) is 11.5 Å². The second-order valence-corrected chi connectivity index (χ2v) is 5.99. The van der Waals surface area contributed by atoms with E-state index in [1.54, 1.807) is 6.92 Å². The third kappa shape index (κ3) is 3.79. The van der Waals surface area contributed by atoms with Gasteiger partial charge in [-0.15, -0.1) is 0 Å². The molecular weight excluding hydrogens is 324 g/mol. The third-order valence-electron chi connectivity index (χ3n) is 3.84. The van der Waals surface area contributed by atoms with Gasteiger partial charge in [0, 0.05) is 18.4 Å². The lowest BCUT2D eigenvalue weighted by molar-refractivity contribution is -0.149. The van der Waals surface area contributed by atoms with Gasteiger partial charge in [-0.25, -0.2) is 0 Å². The van der Waals surface area contributed by atoms with Crippen LogP contribution in [0.5, 0.6) is 11.5 Å². The van der Waals surface area contributed by atoms with Crippen LogP contribution in [-0.4, -0.2) is 27.7 Å². The van der Waals surface area contributed by atoms with Crippen molar-refractivity contribution in [3.63, 3.8) is 0 Å². The summed E-state index contributed by atoms with van der Waals surface area (Å²) >= 11 is 0. The Kier molecular flexibility index (Phi) is 5.41. The van der Waals surface area contributed by atoms with Crippen LogP contribution in [-0.2, 0) is 9.53 Å². The van der Waals surface area contributed by atoms with E-state index in [-0.39, 0.29) is 29.5 Å². The van der Waals surface area contributed by atoms with Gasteiger partial charge >= 0.3 is 5.97 Å². The van der Waals surface area contributed by atoms with E-state index in [0.717, 1.165) is 17.7 Å². The fourth-order valence-electron chi connectivity index (χ4n) is 2.55. The zero-order valence-corrected chi connectivity index (χ0v) is 14.3. The summed E-state index contributed by atoms with van der Waals surface area (Å²) in [7, 11) is 0. The molecule has 2 rings (SSSR count). The van der Waals surface area contributed by atoms with Crippen LogP contribution < -0.4 is 0 Å². The molecule has 1 atom stereocenters. The summed E-state index contributed by atoms with van der Waals surface area (Å²) in [6, 6.07) is 1.17. The van der Waals surface area contributed by atoms with E-state index in [1.165, 1.54) is 6.07 Å². The maximum Gasteiger partial charge on any atom is 0.306 e. The topological polar surface area (TPSA) is 101 Å². The maximum atomic E-state index is 12.1. The Morgan fingerprint density at radius 2 is 1.76 bits per heavy atom. The van der Waals surface area contributed by atoms with Gasteiger partial charge in [-0.1, -0.05) is 18.6 Å². The molecule has 1 aliphatic rings. The van der Waals surface area contributed by atoms with Crippen molar-refractivity contribution in [2.24, 2.45) is 0 Å². The molecule has 0 bridgehead atoms. The molecule has 0 saturated carbocycles. The summed E-state index contributed by atoms with van der Waals surface area (Å²) < 4.78 is 5.36. The molecule has 0 heterocycles. The predicted octanol–water partition coefficient (Wildman–Crippen LogP) is 3.38. The number of carbonyl (C=O) groups excluding carboxylic acids is 3. The minimum Gasteiger partial charge on any atom is -0.507 e. The first-order valence-corrected chi connectivity index (χ1v) is 7.94. The number of esters is 1. The van der Waals surface area contributed by atoms with Gasteiger partial charge in [0.25, 0.3) is 0 Å². The van der Waals surface area contributed by atoms with Crippen molar-refractivity contribution >= 4 is 17.5 Å². The molecule has 6 nitrogen and oxygen atoms in total. The predicted molar refractivity (Wildman–Crippen MR) is 90.7 cm³/mol. The van der Waals surface area contributed by atoms with E-state index in [4.69, 9.17) is 4.74 Å². The number of rotatable bonds is 5. The first-order chi connectivity index (χ1) is 11.8. The second-order valence-electron chi connectivity index (χ2n) is 5.99. The highest BCUT2D eigenvalue weighted by Crippen LogP contribution is 2.41. The number of benzene rings is 1. The van der Waals surface area contributed by atoms with E-state index >= 15 is 0 Å². The molecule has 0 spiro atoms. The van der Waals surface area contributed by atoms with Gasteiger partial charge in [0.2, 0.25) is 0 Å². The monoisotopic (exact) mass is 344 g/mol. The van der Waals surface area contributed by atoms with Crippen LogP contribution in [0.4, 0.5) is 0 Å². The highest BCUT2D eigenvalue weighted by Gasteiger charge is 2.31. The maximum absolute atomic E-state index is 12.1. The molecule has 0 saturated heterocycles. The Hall–Kier alpha value is -2.89. The molecular formula is C19H20O6. The molecule has 25 heavy (non-hydrogen) atoms. The molecule has 0 fully saturated rings. The first kappa shape index (κ1) is 18.4. The number of phenols is 2. The fraction of sp³-hybridized carbons (Fsp3) is 0.316. The molecule has 0 aromatic heterocycles. The summed E-state index contributed by atoms with van der Waals surface area (Å²) in [6.45, 7) is 5.38. The highest BCUT2D eigenvalue weighted by molar-refractivity contribution is 6.24. The summed E-state index contributed by atoms with van der Waals surface area (Å²) in [5, 5.41) is 20.7. The largest absolute Gasteiger partial charge is 0.507 e. The molecule has 1 aromatic carbocycles. The lowest BCUT2D eigenvalue weighted by atomic mass is 9.89. The molecule has 0 unspecified atom stereocenters. The number of ketones is 2. The average molecular weight is 344 g/mol. The summed E-state index contributed by atoms with van der Waals surface area (Å²) in [5.41, 5.74) is 0.564. The van der Waals surface area contributed by atoms with Crippen LogP contribution in [0, 0.1) is 0 Å². The molecule has 6 heteroatoms. The standard InChI is InChI=1S/C19H20O6/c1-4-16(23)25-15(8-5-10(2)3)11-9-14(22)17-12(20)6-7-13(21)18(17)19(11)24/h5-7,9,15,22,24H,4,8H2,1-3H3/t15-/m1/s1. The Balaban J connectivity index is 2.59. The zero-order chi connectivity index (χ0) is 18.7. The van der Waals surface area contributed by atoms with Gasteiger partial charge in [0.05, 0.1) is 11.1 Å². The van der Waals surface area contributed by atoms with Crippen LogP contribution >= 0.6 is 0 Å². The van der Waals surface area contributed by atoms with Gasteiger partial charge in [0.1, 0.15) is 17.6 Å². The number of ether oxygens (including phenoxy) is 1. The molecule has 0 aliphatic heterocycles.